The molecule has 0 saturated carbocycles. The molecule has 0 saturated heterocycles. The topological polar surface area (TPSA) is 64.7 Å². The highest BCUT2D eigenvalue weighted by atomic mass is 16.1. The Kier molecular flexibility index (Phi) is 5.01. The van der Waals surface area contributed by atoms with E-state index < -0.39 is 0 Å². The molecule has 0 bridgehead atoms. The Labute approximate surface area is 163 Å². The van der Waals surface area contributed by atoms with E-state index in [0.717, 1.165) is 29.1 Å². The van der Waals surface area contributed by atoms with Crippen molar-refractivity contribution in [2.75, 3.05) is 5.32 Å². The van der Waals surface area contributed by atoms with Gasteiger partial charge < -0.3 is 5.32 Å². The summed E-state index contributed by atoms with van der Waals surface area (Å²) < 4.78 is 3.67. The minimum absolute atomic E-state index is 0.150. The molecule has 0 aliphatic rings. The van der Waals surface area contributed by atoms with Crippen LogP contribution in [0.25, 0.3) is 5.69 Å². The first kappa shape index (κ1) is 17.7. The number of carbonyl (C=O) groups is 1. The van der Waals surface area contributed by atoms with Crippen LogP contribution in [0.3, 0.4) is 0 Å². The lowest BCUT2D eigenvalue weighted by molar-refractivity contribution is 0.102. The van der Waals surface area contributed by atoms with Crippen LogP contribution in [0.15, 0.2) is 79.3 Å². The fraction of sp³-hybridized carbons (Fsp3) is 0.136. The Bertz CT molecular complexity index is 1050. The summed E-state index contributed by atoms with van der Waals surface area (Å²) in [7, 11) is 0. The predicted molar refractivity (Wildman–Crippen MR) is 109 cm³/mol. The average Bonchev–Trinajstić information content (AvgIpc) is 3.39. The highest BCUT2D eigenvalue weighted by Crippen LogP contribution is 2.17. The lowest BCUT2D eigenvalue weighted by Crippen LogP contribution is -2.15. The standard InChI is InChI=1S/C22H21N5O/c1-2-21-20(15-24-27(21)16-17-7-4-3-5-8-17)22(28)25-18-9-11-19(12-10-18)26-14-6-13-23-26/h3-15H,2,16H2,1H3,(H,25,28). The lowest BCUT2D eigenvalue weighted by atomic mass is 10.1. The molecule has 2 heterocycles. The van der Waals surface area contributed by atoms with Gasteiger partial charge in [0.2, 0.25) is 0 Å². The highest BCUT2D eigenvalue weighted by Gasteiger charge is 2.16. The third-order valence-corrected chi connectivity index (χ3v) is 4.60. The fourth-order valence-corrected chi connectivity index (χ4v) is 3.18. The second-order valence-corrected chi connectivity index (χ2v) is 6.45. The Balaban J connectivity index is 1.50. The maximum atomic E-state index is 12.8. The van der Waals surface area contributed by atoms with Crippen molar-refractivity contribution in [1.82, 2.24) is 19.6 Å². The monoisotopic (exact) mass is 371 g/mol. The quantitative estimate of drug-likeness (QED) is 0.558. The molecule has 0 radical (unpaired) electrons. The molecule has 6 nitrogen and oxygen atoms in total. The third-order valence-electron chi connectivity index (χ3n) is 4.60. The summed E-state index contributed by atoms with van der Waals surface area (Å²) in [6.07, 6.45) is 5.99. The van der Waals surface area contributed by atoms with Crippen LogP contribution in [0.5, 0.6) is 0 Å². The fourth-order valence-electron chi connectivity index (χ4n) is 3.18. The summed E-state index contributed by atoms with van der Waals surface area (Å²) >= 11 is 0. The van der Waals surface area contributed by atoms with Crippen LogP contribution in [-0.2, 0) is 13.0 Å². The molecule has 0 atom stereocenters. The summed E-state index contributed by atoms with van der Waals surface area (Å²) in [4.78, 5) is 12.8. The van der Waals surface area contributed by atoms with Gasteiger partial charge in [-0.15, -0.1) is 0 Å². The average molecular weight is 371 g/mol. The predicted octanol–water partition coefficient (Wildman–Crippen LogP) is 3.93. The molecule has 2 aromatic carbocycles. The van der Waals surface area contributed by atoms with E-state index in [9.17, 15) is 4.79 Å². The number of nitrogens with one attached hydrogen (secondary N) is 1. The van der Waals surface area contributed by atoms with Crippen LogP contribution in [0.4, 0.5) is 5.69 Å². The first-order chi connectivity index (χ1) is 13.7. The van der Waals surface area contributed by atoms with Crippen LogP contribution in [-0.4, -0.2) is 25.5 Å². The second kappa shape index (κ2) is 7.92. The largest absolute Gasteiger partial charge is 0.322 e. The molecule has 140 valence electrons. The first-order valence-electron chi connectivity index (χ1n) is 9.24. The first-order valence-corrected chi connectivity index (χ1v) is 9.24. The molecule has 0 unspecified atom stereocenters. The van der Waals surface area contributed by atoms with Gasteiger partial charge in [0.1, 0.15) is 0 Å². The highest BCUT2D eigenvalue weighted by molar-refractivity contribution is 6.05. The van der Waals surface area contributed by atoms with Crippen molar-refractivity contribution in [2.24, 2.45) is 0 Å². The zero-order chi connectivity index (χ0) is 19.3. The Morgan fingerprint density at radius 3 is 2.46 bits per heavy atom. The van der Waals surface area contributed by atoms with Crippen molar-refractivity contribution in [3.8, 4) is 5.69 Å². The molecule has 28 heavy (non-hydrogen) atoms. The van der Waals surface area contributed by atoms with Gasteiger partial charge in [-0.25, -0.2) is 4.68 Å². The maximum absolute atomic E-state index is 12.8. The Morgan fingerprint density at radius 1 is 1.00 bits per heavy atom. The van der Waals surface area contributed by atoms with Crippen molar-refractivity contribution in [3.05, 3.63) is 96.1 Å². The maximum Gasteiger partial charge on any atom is 0.259 e. The van der Waals surface area contributed by atoms with E-state index in [1.54, 1.807) is 17.1 Å². The molecular formula is C22H21N5O. The zero-order valence-electron chi connectivity index (χ0n) is 15.6. The van der Waals surface area contributed by atoms with E-state index in [2.05, 4.69) is 27.6 Å². The van der Waals surface area contributed by atoms with Crippen LogP contribution in [0.1, 0.15) is 28.5 Å². The molecule has 1 N–H and O–H groups in total. The number of nitrogens with zero attached hydrogens (tertiary/aromatic N) is 4. The van der Waals surface area contributed by atoms with Gasteiger partial charge >= 0.3 is 0 Å². The Hall–Kier alpha value is -3.67. The van der Waals surface area contributed by atoms with Crippen LogP contribution in [0.2, 0.25) is 0 Å². The van der Waals surface area contributed by atoms with Crippen LogP contribution < -0.4 is 5.32 Å². The SMILES string of the molecule is CCc1c(C(=O)Nc2ccc(-n3cccn3)cc2)cnn1Cc1ccccc1. The summed E-state index contributed by atoms with van der Waals surface area (Å²) in [5, 5.41) is 11.6. The van der Waals surface area contributed by atoms with Gasteiger partial charge in [0, 0.05) is 18.1 Å². The molecule has 4 aromatic rings. The van der Waals surface area contributed by atoms with Gasteiger partial charge in [0.15, 0.2) is 0 Å². The van der Waals surface area contributed by atoms with Crippen molar-refractivity contribution in [3.63, 3.8) is 0 Å². The van der Waals surface area contributed by atoms with Gasteiger partial charge in [-0.1, -0.05) is 37.3 Å². The zero-order valence-corrected chi connectivity index (χ0v) is 15.6. The normalized spacial score (nSPS) is 10.8. The number of amides is 1. The number of carbonyl (C=O) groups excluding carboxylic acids is 1. The molecule has 6 heteroatoms. The van der Waals surface area contributed by atoms with E-state index in [0.29, 0.717) is 12.1 Å². The summed E-state index contributed by atoms with van der Waals surface area (Å²) in [6.45, 7) is 2.68. The molecule has 0 aliphatic heterocycles. The van der Waals surface area contributed by atoms with E-state index >= 15 is 0 Å². The molecule has 0 spiro atoms. The number of anilines is 1. The lowest BCUT2D eigenvalue weighted by Gasteiger charge is -2.09. The summed E-state index contributed by atoms with van der Waals surface area (Å²) in [5.74, 6) is -0.150. The summed E-state index contributed by atoms with van der Waals surface area (Å²) in [6, 6.07) is 19.6. The van der Waals surface area contributed by atoms with Crippen molar-refractivity contribution in [1.29, 1.82) is 0 Å². The van der Waals surface area contributed by atoms with E-state index in [-0.39, 0.29) is 5.91 Å². The van der Waals surface area contributed by atoms with Gasteiger partial charge in [-0.05, 0) is 42.3 Å². The second-order valence-electron chi connectivity index (χ2n) is 6.45. The smallest absolute Gasteiger partial charge is 0.259 e. The van der Waals surface area contributed by atoms with E-state index in [1.807, 2.05) is 66.3 Å². The third kappa shape index (κ3) is 3.71. The van der Waals surface area contributed by atoms with Gasteiger partial charge in [0.05, 0.1) is 29.7 Å². The number of hydrogen-bond acceptors (Lipinski definition) is 3. The number of aromatic nitrogens is 4. The van der Waals surface area contributed by atoms with E-state index in [4.69, 9.17) is 0 Å². The Morgan fingerprint density at radius 2 is 1.79 bits per heavy atom. The number of benzene rings is 2. The molecular weight excluding hydrogens is 350 g/mol. The van der Waals surface area contributed by atoms with Gasteiger partial charge in [-0.3, -0.25) is 9.48 Å². The molecule has 2 aromatic heterocycles. The number of hydrogen-bond donors (Lipinski definition) is 1. The number of rotatable bonds is 6. The van der Waals surface area contributed by atoms with E-state index in [1.165, 1.54) is 0 Å². The van der Waals surface area contributed by atoms with Crippen LogP contribution >= 0.6 is 0 Å². The molecule has 1 amide bonds. The molecule has 0 fully saturated rings. The van der Waals surface area contributed by atoms with Crippen molar-refractivity contribution in [2.45, 2.75) is 19.9 Å². The van der Waals surface area contributed by atoms with Crippen molar-refractivity contribution >= 4 is 11.6 Å². The van der Waals surface area contributed by atoms with Crippen molar-refractivity contribution < 1.29 is 4.79 Å². The molecule has 4 rings (SSSR count). The molecule has 0 aliphatic carbocycles. The summed E-state index contributed by atoms with van der Waals surface area (Å²) in [5.41, 5.74) is 4.36. The minimum atomic E-state index is -0.150. The van der Waals surface area contributed by atoms with Crippen LogP contribution in [0, 0.1) is 0 Å². The minimum Gasteiger partial charge on any atom is -0.322 e. The van der Waals surface area contributed by atoms with Gasteiger partial charge in [-0.2, -0.15) is 10.2 Å². The van der Waals surface area contributed by atoms with Gasteiger partial charge in [0.25, 0.3) is 5.91 Å².